The minimum atomic E-state index is -1.17. The van der Waals surface area contributed by atoms with Gasteiger partial charge in [-0.2, -0.15) is 5.10 Å². The van der Waals surface area contributed by atoms with Crippen molar-refractivity contribution in [3.05, 3.63) is 82.4 Å². The van der Waals surface area contributed by atoms with Crippen LogP contribution in [0.15, 0.2) is 48.5 Å². The van der Waals surface area contributed by atoms with Crippen molar-refractivity contribution in [1.29, 1.82) is 0 Å². The molecule has 0 aliphatic heterocycles. The van der Waals surface area contributed by atoms with E-state index in [-0.39, 0.29) is 67.9 Å². The maximum atomic E-state index is 13.7. The Morgan fingerprint density at radius 3 is 2.41 bits per heavy atom. The van der Waals surface area contributed by atoms with Gasteiger partial charge in [0.2, 0.25) is 0 Å². The van der Waals surface area contributed by atoms with Gasteiger partial charge in [-0.1, -0.05) is 38.1 Å². The van der Waals surface area contributed by atoms with Crippen LogP contribution >= 0.6 is 0 Å². The van der Waals surface area contributed by atoms with Gasteiger partial charge in [0.1, 0.15) is 5.82 Å². The Labute approximate surface area is 263 Å². The van der Waals surface area contributed by atoms with Gasteiger partial charge in [0.15, 0.2) is 5.69 Å². The van der Waals surface area contributed by atoms with Crippen molar-refractivity contribution in [2.75, 3.05) is 6.61 Å². The molecule has 0 unspecified atom stereocenters. The van der Waals surface area contributed by atoms with Crippen molar-refractivity contribution >= 4 is 11.9 Å². The molecule has 2 aromatic carbocycles. The van der Waals surface area contributed by atoms with E-state index in [0.717, 1.165) is 11.1 Å². The fraction of sp³-hybridized carbons (Fsp3) is 0.433. The quantitative estimate of drug-likeness (QED) is 0.199. The number of ether oxygens (including phenoxy) is 1. The Bertz CT molecular complexity index is 1290. The van der Waals surface area contributed by atoms with E-state index in [0.29, 0.717) is 36.6 Å². The van der Waals surface area contributed by atoms with Crippen molar-refractivity contribution in [1.82, 2.24) is 15.1 Å². The summed E-state index contributed by atoms with van der Waals surface area (Å²) in [6.45, 7) is 7.19. The Morgan fingerprint density at radius 2 is 1.78 bits per heavy atom. The summed E-state index contributed by atoms with van der Waals surface area (Å²) in [6, 6.07) is 13.5. The molecule has 1 amide bonds. The Hall–Kier alpha value is -2.60. The molecule has 1 heterocycles. The average molecular weight is 580 g/mol. The number of aliphatic carboxylic acids is 1. The molecule has 0 bridgehead atoms. The number of carboxylic acids is 1. The number of rotatable bonds is 15. The molecule has 1 aromatic heterocycles. The third kappa shape index (κ3) is 10.3. The SMILES string of the molecule is CCOCc1cccc(CNC(=O)c2nn(-c3ccc(F)cc3)c(CC[C@@H](O)C[C@@H](O)CC(=O)O)c2C(C)C)c1.[H-].[Na+]. The number of aliphatic hydroxyl groups is 2. The maximum Gasteiger partial charge on any atom is 1.00 e. The van der Waals surface area contributed by atoms with Gasteiger partial charge in [0.25, 0.3) is 5.91 Å². The molecule has 0 fully saturated rings. The molecule has 41 heavy (non-hydrogen) atoms. The Balaban J connectivity index is 0.00000441. The Kier molecular flexibility index (Phi) is 14.1. The zero-order valence-electron chi connectivity index (χ0n) is 25.1. The predicted molar refractivity (Wildman–Crippen MR) is 149 cm³/mol. The van der Waals surface area contributed by atoms with Crippen LogP contribution in [0.1, 0.15) is 80.3 Å². The molecule has 0 aliphatic carbocycles. The van der Waals surface area contributed by atoms with Gasteiger partial charge in [-0.05, 0) is 67.5 Å². The number of aliphatic hydroxyl groups excluding tert-OH is 2. The summed E-state index contributed by atoms with van der Waals surface area (Å²) in [5, 5.41) is 36.9. The number of nitrogens with one attached hydrogen (secondary N) is 1. The van der Waals surface area contributed by atoms with Gasteiger partial charge >= 0.3 is 35.5 Å². The fourth-order valence-electron chi connectivity index (χ4n) is 4.61. The topological polar surface area (TPSA) is 134 Å². The van der Waals surface area contributed by atoms with Crippen LogP contribution in [-0.2, 0) is 29.1 Å². The first kappa shape index (κ1) is 34.6. The van der Waals surface area contributed by atoms with E-state index in [9.17, 15) is 24.2 Å². The van der Waals surface area contributed by atoms with Gasteiger partial charge < -0.3 is 26.8 Å². The van der Waals surface area contributed by atoms with Gasteiger partial charge in [-0.25, -0.2) is 9.07 Å². The van der Waals surface area contributed by atoms with Gasteiger partial charge in [-0.3, -0.25) is 9.59 Å². The first-order valence-corrected chi connectivity index (χ1v) is 13.5. The van der Waals surface area contributed by atoms with Crippen molar-refractivity contribution < 1.29 is 65.0 Å². The largest absolute Gasteiger partial charge is 1.00 e. The molecule has 0 spiro atoms. The van der Waals surface area contributed by atoms with Gasteiger partial charge in [0, 0.05) is 24.4 Å². The van der Waals surface area contributed by atoms with Crippen LogP contribution < -0.4 is 34.9 Å². The average Bonchev–Trinajstić information content (AvgIpc) is 3.29. The zero-order chi connectivity index (χ0) is 29.2. The molecule has 0 aliphatic rings. The Morgan fingerprint density at radius 1 is 1.10 bits per heavy atom. The van der Waals surface area contributed by atoms with Crippen molar-refractivity contribution in [3.63, 3.8) is 0 Å². The molecule has 3 rings (SSSR count). The summed E-state index contributed by atoms with van der Waals surface area (Å²) in [5.41, 5.74) is 4.09. The third-order valence-electron chi connectivity index (χ3n) is 6.47. The number of nitrogens with zero attached hydrogens (tertiary/aromatic N) is 2. The standard InChI is InChI=1S/C30H38FN3O6.Na.H/c1-4-40-18-21-7-5-6-20(14-21)17-32-30(39)29-28(19(2)3)26(13-12-24(35)15-25(36)16-27(37)38)34(33-29)23-10-8-22(31)9-11-23;;/h5-11,14,19,24-25,35-36H,4,12-13,15-18H2,1-3H3,(H,32,39)(H,37,38);;/q;+1;-1/t24-,25-;;/m1../s1. The van der Waals surface area contributed by atoms with Crippen LogP contribution in [0.3, 0.4) is 0 Å². The van der Waals surface area contributed by atoms with Crippen molar-refractivity contribution in [3.8, 4) is 5.69 Å². The van der Waals surface area contributed by atoms with Crippen LogP contribution in [0, 0.1) is 5.82 Å². The van der Waals surface area contributed by atoms with Crippen LogP contribution in [0.2, 0.25) is 0 Å². The summed E-state index contributed by atoms with van der Waals surface area (Å²) in [5.74, 6) is -2.02. The number of hydrogen-bond acceptors (Lipinski definition) is 6. The van der Waals surface area contributed by atoms with Crippen LogP contribution in [0.25, 0.3) is 5.69 Å². The van der Waals surface area contributed by atoms with E-state index in [1.807, 2.05) is 45.0 Å². The van der Waals surface area contributed by atoms with Crippen LogP contribution in [0.5, 0.6) is 0 Å². The smallest absolute Gasteiger partial charge is 1.00 e. The fourth-order valence-corrected chi connectivity index (χ4v) is 4.61. The number of halogens is 1. The summed E-state index contributed by atoms with van der Waals surface area (Å²) in [6.07, 6.45) is -2.19. The number of aromatic nitrogens is 2. The second kappa shape index (κ2) is 16.7. The summed E-state index contributed by atoms with van der Waals surface area (Å²) < 4.78 is 20.7. The first-order valence-electron chi connectivity index (χ1n) is 13.5. The molecular formula is C30H39FN3NaO6. The predicted octanol–water partition coefficient (Wildman–Crippen LogP) is 1.24. The third-order valence-corrected chi connectivity index (χ3v) is 6.47. The molecular weight excluding hydrogens is 540 g/mol. The number of carboxylic acid groups (broad SMARTS) is 1. The second-order valence-corrected chi connectivity index (χ2v) is 10.1. The van der Waals surface area contributed by atoms with E-state index in [1.54, 1.807) is 16.8 Å². The molecule has 2 atom stereocenters. The summed E-state index contributed by atoms with van der Waals surface area (Å²) in [4.78, 5) is 24.3. The maximum absolute atomic E-state index is 13.7. The molecule has 3 aromatic rings. The molecule has 0 saturated heterocycles. The minimum absolute atomic E-state index is 0. The zero-order valence-corrected chi connectivity index (χ0v) is 26.1. The van der Waals surface area contributed by atoms with Crippen LogP contribution in [0.4, 0.5) is 4.39 Å². The van der Waals surface area contributed by atoms with Gasteiger partial charge in [0.05, 0.1) is 30.9 Å². The molecule has 4 N–H and O–H groups in total. The second-order valence-electron chi connectivity index (χ2n) is 10.1. The number of benzene rings is 2. The normalized spacial score (nSPS) is 12.6. The number of carbonyl (C=O) groups is 2. The summed E-state index contributed by atoms with van der Waals surface area (Å²) in [7, 11) is 0. The number of hydrogen-bond donors (Lipinski definition) is 4. The molecule has 0 radical (unpaired) electrons. The van der Waals surface area contributed by atoms with Crippen molar-refractivity contribution in [2.24, 2.45) is 0 Å². The molecule has 11 heteroatoms. The van der Waals surface area contributed by atoms with E-state index in [2.05, 4.69) is 10.4 Å². The molecule has 9 nitrogen and oxygen atoms in total. The number of carbonyl (C=O) groups excluding carboxylic acids is 1. The van der Waals surface area contributed by atoms with E-state index in [4.69, 9.17) is 9.84 Å². The number of amides is 1. The van der Waals surface area contributed by atoms with E-state index >= 15 is 0 Å². The monoisotopic (exact) mass is 579 g/mol. The van der Waals surface area contributed by atoms with Crippen LogP contribution in [-0.4, -0.2) is 55.8 Å². The minimum Gasteiger partial charge on any atom is -1.00 e. The molecule has 218 valence electrons. The van der Waals surface area contributed by atoms with E-state index < -0.39 is 30.4 Å². The summed E-state index contributed by atoms with van der Waals surface area (Å²) >= 11 is 0. The van der Waals surface area contributed by atoms with Gasteiger partial charge in [-0.15, -0.1) is 0 Å². The first-order chi connectivity index (χ1) is 19.1. The van der Waals surface area contributed by atoms with E-state index in [1.165, 1.54) is 12.1 Å². The molecule has 0 saturated carbocycles. The van der Waals surface area contributed by atoms with Crippen molar-refractivity contribution in [2.45, 2.75) is 77.7 Å².